The Morgan fingerprint density at radius 2 is 1.93 bits per heavy atom. The van der Waals surface area contributed by atoms with Crippen LogP contribution in [0.2, 0.25) is 10.0 Å². The molecule has 0 saturated carbocycles. The van der Waals surface area contributed by atoms with Crippen molar-refractivity contribution in [3.63, 3.8) is 0 Å². The average Bonchev–Trinajstić information content (AvgIpc) is 2.64. The molecule has 0 fully saturated rings. The summed E-state index contributed by atoms with van der Waals surface area (Å²) in [6, 6.07) is 11.7. The maximum atomic E-state index is 12.9. The van der Waals surface area contributed by atoms with Gasteiger partial charge in [-0.15, -0.1) is 0 Å². The molecule has 0 unspecified atom stereocenters. The maximum Gasteiger partial charge on any atom is 0.262 e. The van der Waals surface area contributed by atoms with Crippen molar-refractivity contribution in [2.75, 3.05) is 5.32 Å². The van der Waals surface area contributed by atoms with E-state index >= 15 is 0 Å². The normalized spacial score (nSPS) is 13.3. The van der Waals surface area contributed by atoms with Crippen LogP contribution in [0.3, 0.4) is 0 Å². The third-order valence-corrected chi connectivity index (χ3v) is 5.63. The van der Waals surface area contributed by atoms with E-state index in [4.69, 9.17) is 23.2 Å². The summed E-state index contributed by atoms with van der Waals surface area (Å²) < 4.78 is 1.38. The second-order valence-corrected chi connectivity index (χ2v) is 8.76. The number of anilines is 1. The number of hydrogen-bond acceptors (Lipinski definition) is 5. The minimum absolute atomic E-state index is 0.0648. The van der Waals surface area contributed by atoms with E-state index in [-0.39, 0.29) is 18.0 Å². The lowest BCUT2D eigenvalue weighted by atomic mass is 10.2. The highest BCUT2D eigenvalue weighted by Gasteiger charge is 2.20. The van der Waals surface area contributed by atoms with E-state index in [1.165, 1.54) is 4.57 Å². The number of nitrogens with zero attached hydrogens (tertiary/aromatic N) is 2. The molecule has 29 heavy (non-hydrogen) atoms. The van der Waals surface area contributed by atoms with E-state index in [9.17, 15) is 14.7 Å². The number of fused-ring (bicyclic) bond motifs is 1. The van der Waals surface area contributed by atoms with Gasteiger partial charge in [0.2, 0.25) is 5.91 Å². The third-order valence-electron chi connectivity index (χ3n) is 4.07. The third kappa shape index (κ3) is 5.30. The fourth-order valence-corrected chi connectivity index (χ4v) is 3.99. The van der Waals surface area contributed by atoms with Crippen LogP contribution in [0.4, 0.5) is 5.69 Å². The largest absolute Gasteiger partial charge is 0.392 e. The van der Waals surface area contributed by atoms with Gasteiger partial charge in [-0.3, -0.25) is 14.2 Å². The van der Waals surface area contributed by atoms with Crippen molar-refractivity contribution in [2.45, 2.75) is 36.9 Å². The number of aromatic nitrogens is 2. The molecule has 0 aliphatic heterocycles. The summed E-state index contributed by atoms with van der Waals surface area (Å²) in [6.45, 7) is 3.36. The highest BCUT2D eigenvalue weighted by Crippen LogP contribution is 2.25. The van der Waals surface area contributed by atoms with Crippen LogP contribution in [0, 0.1) is 0 Å². The Balaban J connectivity index is 1.92. The Morgan fingerprint density at radius 3 is 2.62 bits per heavy atom. The summed E-state index contributed by atoms with van der Waals surface area (Å²) in [5.41, 5.74) is 0.724. The number of halogens is 2. The molecule has 3 rings (SSSR count). The monoisotopic (exact) mass is 451 g/mol. The number of amides is 1. The number of carbonyl (C=O) groups excluding carboxylic acids is 1. The standard InChI is InChI=1S/C20H19Cl2N3O3S/c1-11(26)10-25-19(28)16-7-6-14(22)9-17(16)24-20(25)29-12(2)18(27)23-15-5-3-4-13(21)8-15/h3-9,11-12,26H,10H2,1-2H3,(H,23,27)/t11-,12+/m0/s1. The predicted molar refractivity (Wildman–Crippen MR) is 118 cm³/mol. The molecule has 1 aromatic heterocycles. The molecule has 0 aliphatic rings. The zero-order valence-corrected chi connectivity index (χ0v) is 18.1. The summed E-state index contributed by atoms with van der Waals surface area (Å²) in [5.74, 6) is -0.263. The number of rotatable bonds is 6. The van der Waals surface area contributed by atoms with Gasteiger partial charge >= 0.3 is 0 Å². The summed E-state index contributed by atoms with van der Waals surface area (Å²) in [5, 5.41) is 13.8. The Bertz CT molecular complexity index is 1120. The molecule has 1 amide bonds. The molecule has 0 spiro atoms. The highest BCUT2D eigenvalue weighted by atomic mass is 35.5. The van der Waals surface area contributed by atoms with Crippen LogP contribution >= 0.6 is 35.0 Å². The molecule has 6 nitrogen and oxygen atoms in total. The van der Waals surface area contributed by atoms with Gasteiger partial charge in [-0.1, -0.05) is 41.0 Å². The van der Waals surface area contributed by atoms with Crippen molar-refractivity contribution in [2.24, 2.45) is 0 Å². The fourth-order valence-electron chi connectivity index (χ4n) is 2.71. The van der Waals surface area contributed by atoms with Crippen molar-refractivity contribution in [1.29, 1.82) is 0 Å². The maximum absolute atomic E-state index is 12.9. The number of benzene rings is 2. The average molecular weight is 452 g/mol. The van der Waals surface area contributed by atoms with E-state index in [0.29, 0.717) is 31.8 Å². The van der Waals surface area contributed by atoms with Crippen LogP contribution in [0.1, 0.15) is 13.8 Å². The van der Waals surface area contributed by atoms with Crippen LogP contribution < -0.4 is 10.9 Å². The number of thioether (sulfide) groups is 1. The van der Waals surface area contributed by atoms with E-state index in [1.54, 1.807) is 56.3 Å². The van der Waals surface area contributed by atoms with Crippen LogP contribution in [0.15, 0.2) is 52.4 Å². The first-order chi connectivity index (χ1) is 13.7. The number of carbonyl (C=O) groups is 1. The Hall–Kier alpha value is -2.06. The van der Waals surface area contributed by atoms with Crippen LogP contribution in [0.5, 0.6) is 0 Å². The summed E-state index contributed by atoms with van der Waals surface area (Å²) in [6.07, 6.45) is -0.755. The molecule has 2 atom stereocenters. The molecule has 2 N–H and O–H groups in total. The molecule has 0 aliphatic carbocycles. The summed E-state index contributed by atoms with van der Waals surface area (Å²) >= 11 is 13.1. The molecule has 152 valence electrons. The smallest absolute Gasteiger partial charge is 0.262 e. The zero-order valence-electron chi connectivity index (χ0n) is 15.7. The van der Waals surface area contributed by atoms with Crippen molar-refractivity contribution < 1.29 is 9.90 Å². The van der Waals surface area contributed by atoms with Crippen molar-refractivity contribution in [3.8, 4) is 0 Å². The van der Waals surface area contributed by atoms with Gasteiger partial charge < -0.3 is 10.4 Å². The second kappa shape index (κ2) is 9.17. The minimum atomic E-state index is -0.755. The molecule has 0 radical (unpaired) electrons. The topological polar surface area (TPSA) is 84.2 Å². The lowest BCUT2D eigenvalue weighted by Crippen LogP contribution is -2.29. The lowest BCUT2D eigenvalue weighted by molar-refractivity contribution is -0.115. The number of aliphatic hydroxyl groups excluding tert-OH is 1. The van der Waals surface area contributed by atoms with Gasteiger partial charge in [0, 0.05) is 15.7 Å². The van der Waals surface area contributed by atoms with Crippen LogP contribution in [-0.4, -0.2) is 31.9 Å². The van der Waals surface area contributed by atoms with Gasteiger partial charge in [-0.2, -0.15) is 0 Å². The van der Waals surface area contributed by atoms with E-state index in [2.05, 4.69) is 10.3 Å². The SMILES string of the molecule is C[C@H](O)Cn1c(S[C@H](C)C(=O)Nc2cccc(Cl)c2)nc2cc(Cl)ccc2c1=O. The summed E-state index contributed by atoms with van der Waals surface area (Å²) in [7, 11) is 0. The van der Waals surface area contributed by atoms with Crippen molar-refractivity contribution >= 4 is 57.5 Å². The zero-order chi connectivity index (χ0) is 21.1. The highest BCUT2D eigenvalue weighted by molar-refractivity contribution is 8.00. The van der Waals surface area contributed by atoms with E-state index in [0.717, 1.165) is 11.8 Å². The van der Waals surface area contributed by atoms with Gasteiger partial charge in [0.1, 0.15) is 0 Å². The van der Waals surface area contributed by atoms with Gasteiger partial charge in [-0.25, -0.2) is 4.98 Å². The van der Waals surface area contributed by atoms with Crippen LogP contribution in [-0.2, 0) is 11.3 Å². The Morgan fingerprint density at radius 1 is 1.21 bits per heavy atom. The predicted octanol–water partition coefficient (Wildman–Crippen LogP) is 4.20. The van der Waals surface area contributed by atoms with Gasteiger partial charge in [0.05, 0.1) is 28.8 Å². The number of aliphatic hydroxyl groups is 1. The van der Waals surface area contributed by atoms with E-state index in [1.807, 2.05) is 0 Å². The second-order valence-electron chi connectivity index (χ2n) is 6.58. The van der Waals surface area contributed by atoms with Crippen molar-refractivity contribution in [3.05, 3.63) is 62.9 Å². The molecular formula is C20H19Cl2N3O3S. The quantitative estimate of drug-likeness (QED) is 0.433. The van der Waals surface area contributed by atoms with Crippen LogP contribution in [0.25, 0.3) is 10.9 Å². The molecule has 0 saturated heterocycles. The lowest BCUT2D eigenvalue weighted by Gasteiger charge is -2.17. The number of hydrogen-bond donors (Lipinski definition) is 2. The minimum Gasteiger partial charge on any atom is -0.392 e. The first-order valence-electron chi connectivity index (χ1n) is 8.86. The first kappa shape index (κ1) is 21.6. The van der Waals surface area contributed by atoms with Crippen molar-refractivity contribution in [1.82, 2.24) is 9.55 Å². The first-order valence-corrected chi connectivity index (χ1v) is 10.5. The fraction of sp³-hybridized carbons (Fsp3) is 0.250. The molecule has 3 aromatic rings. The molecule has 9 heteroatoms. The van der Waals surface area contributed by atoms with Gasteiger partial charge in [-0.05, 0) is 50.2 Å². The Labute approximate surface area is 181 Å². The Kier molecular flexibility index (Phi) is 6.85. The van der Waals surface area contributed by atoms with E-state index < -0.39 is 11.4 Å². The number of nitrogens with one attached hydrogen (secondary N) is 1. The molecular weight excluding hydrogens is 433 g/mol. The molecule has 2 aromatic carbocycles. The summed E-state index contributed by atoms with van der Waals surface area (Å²) in [4.78, 5) is 30.0. The molecule has 1 heterocycles. The van der Waals surface area contributed by atoms with Gasteiger partial charge in [0.15, 0.2) is 5.16 Å². The molecule has 0 bridgehead atoms. The van der Waals surface area contributed by atoms with Gasteiger partial charge in [0.25, 0.3) is 5.56 Å².